The zero-order chi connectivity index (χ0) is 18.6. The minimum atomic E-state index is -0.657. The quantitative estimate of drug-likeness (QED) is 0.390. The Hall–Kier alpha value is -3.41. The van der Waals surface area contributed by atoms with E-state index >= 15 is 0 Å². The van der Waals surface area contributed by atoms with E-state index < -0.39 is 17.7 Å². The summed E-state index contributed by atoms with van der Waals surface area (Å²) in [4.78, 5) is 35.9. The molecule has 6 heteroatoms. The first-order valence-electron chi connectivity index (χ1n) is 7.28. The van der Waals surface area contributed by atoms with Crippen LogP contribution in [0.15, 0.2) is 54.6 Å². The number of methoxy groups -OCH3 is 1. The van der Waals surface area contributed by atoms with Gasteiger partial charge in [-0.1, -0.05) is 24.8 Å². The number of esters is 2. The molecule has 2 aromatic carbocycles. The van der Waals surface area contributed by atoms with Gasteiger partial charge in [0.2, 0.25) is 0 Å². The van der Waals surface area contributed by atoms with Gasteiger partial charge in [-0.2, -0.15) is 0 Å². The maximum atomic E-state index is 12.7. The van der Waals surface area contributed by atoms with Crippen LogP contribution in [0.1, 0.15) is 33.2 Å². The number of benzene rings is 2. The highest BCUT2D eigenvalue weighted by molar-refractivity contribution is 6.15. The molecule has 0 spiro atoms. The summed E-state index contributed by atoms with van der Waals surface area (Å²) < 4.78 is 9.65. The van der Waals surface area contributed by atoms with Crippen LogP contribution in [0.5, 0.6) is 11.5 Å². The van der Waals surface area contributed by atoms with Gasteiger partial charge in [0.25, 0.3) is 0 Å². The van der Waals surface area contributed by atoms with Crippen LogP contribution in [0.3, 0.4) is 0 Å². The van der Waals surface area contributed by atoms with Crippen molar-refractivity contribution in [2.45, 2.75) is 6.92 Å². The molecule has 0 heterocycles. The molecule has 25 heavy (non-hydrogen) atoms. The number of phenols is 1. The molecule has 6 nitrogen and oxygen atoms in total. The molecule has 0 unspecified atom stereocenters. The Labute approximate surface area is 144 Å². The van der Waals surface area contributed by atoms with E-state index in [0.29, 0.717) is 0 Å². The van der Waals surface area contributed by atoms with Gasteiger partial charge >= 0.3 is 11.9 Å². The van der Waals surface area contributed by atoms with Gasteiger partial charge in [0.1, 0.15) is 11.5 Å². The number of hydrogen-bond donors (Lipinski definition) is 1. The van der Waals surface area contributed by atoms with Crippen molar-refractivity contribution < 1.29 is 29.0 Å². The molecular formula is C19H16O6. The molecule has 0 aliphatic rings. The number of hydrogen-bond acceptors (Lipinski definition) is 6. The van der Waals surface area contributed by atoms with Crippen LogP contribution in [0, 0.1) is 0 Å². The molecule has 0 atom stereocenters. The van der Waals surface area contributed by atoms with Gasteiger partial charge in [-0.05, 0) is 25.1 Å². The average molecular weight is 340 g/mol. The molecule has 0 aromatic heterocycles. The Morgan fingerprint density at radius 3 is 2.20 bits per heavy atom. The SMILES string of the molecule is C=C(C)C(=O)Oc1ccc(C(=O)c2ccccc2C(=O)OC)c(O)c1. The van der Waals surface area contributed by atoms with Gasteiger partial charge in [0.15, 0.2) is 5.78 Å². The fourth-order valence-corrected chi connectivity index (χ4v) is 2.08. The molecule has 0 amide bonds. The molecule has 0 bridgehead atoms. The molecule has 0 saturated carbocycles. The molecule has 2 aromatic rings. The summed E-state index contributed by atoms with van der Waals surface area (Å²) in [5.74, 6) is -2.17. The lowest BCUT2D eigenvalue weighted by Gasteiger charge is -2.10. The summed E-state index contributed by atoms with van der Waals surface area (Å²) in [5, 5.41) is 10.1. The summed E-state index contributed by atoms with van der Waals surface area (Å²) >= 11 is 0. The molecule has 0 saturated heterocycles. The fraction of sp³-hybridized carbons (Fsp3) is 0.105. The Kier molecular flexibility index (Phi) is 5.34. The normalized spacial score (nSPS) is 10.0. The summed E-state index contributed by atoms with van der Waals surface area (Å²) in [7, 11) is 1.21. The van der Waals surface area contributed by atoms with Crippen LogP contribution in [-0.4, -0.2) is 29.9 Å². The van der Waals surface area contributed by atoms with E-state index in [1.807, 2.05) is 0 Å². The average Bonchev–Trinajstić information content (AvgIpc) is 2.60. The number of carbonyl (C=O) groups excluding carboxylic acids is 3. The second kappa shape index (κ2) is 7.44. The van der Waals surface area contributed by atoms with Crippen LogP contribution in [0.4, 0.5) is 0 Å². The van der Waals surface area contributed by atoms with Gasteiger partial charge in [0, 0.05) is 17.2 Å². The van der Waals surface area contributed by atoms with Crippen molar-refractivity contribution in [3.8, 4) is 11.5 Å². The third kappa shape index (κ3) is 3.92. The highest BCUT2D eigenvalue weighted by Crippen LogP contribution is 2.27. The van der Waals surface area contributed by atoms with Crippen LogP contribution in [0.25, 0.3) is 0 Å². The van der Waals surface area contributed by atoms with Crippen LogP contribution < -0.4 is 4.74 Å². The van der Waals surface area contributed by atoms with Crippen molar-refractivity contribution >= 4 is 17.7 Å². The lowest BCUT2D eigenvalue weighted by Crippen LogP contribution is -2.12. The van der Waals surface area contributed by atoms with Gasteiger partial charge in [-0.3, -0.25) is 4.79 Å². The number of phenolic OH excluding ortho intramolecular Hbond substituents is 1. The van der Waals surface area contributed by atoms with Crippen LogP contribution in [0.2, 0.25) is 0 Å². The largest absolute Gasteiger partial charge is 0.507 e. The summed E-state index contributed by atoms with van der Waals surface area (Å²) in [6, 6.07) is 9.95. The van der Waals surface area contributed by atoms with Crippen molar-refractivity contribution in [3.63, 3.8) is 0 Å². The highest BCUT2D eigenvalue weighted by atomic mass is 16.5. The smallest absolute Gasteiger partial charge is 0.338 e. The monoisotopic (exact) mass is 340 g/mol. The predicted molar refractivity (Wildman–Crippen MR) is 89.8 cm³/mol. The van der Waals surface area contributed by atoms with Gasteiger partial charge in [-0.15, -0.1) is 0 Å². The summed E-state index contributed by atoms with van der Waals surface area (Å²) in [6.07, 6.45) is 0. The third-order valence-electron chi connectivity index (χ3n) is 3.35. The Morgan fingerprint density at radius 1 is 1.00 bits per heavy atom. The van der Waals surface area contributed by atoms with E-state index in [1.165, 1.54) is 38.3 Å². The standard InChI is InChI=1S/C19H16O6/c1-11(2)18(22)25-12-8-9-15(16(20)10-12)17(21)13-6-4-5-7-14(13)19(23)24-3/h4-10,20H,1H2,2-3H3. The Balaban J connectivity index is 2.37. The van der Waals surface area contributed by atoms with Crippen LogP contribution >= 0.6 is 0 Å². The first-order valence-corrected chi connectivity index (χ1v) is 7.28. The van der Waals surface area contributed by atoms with E-state index in [4.69, 9.17) is 4.74 Å². The van der Waals surface area contributed by atoms with Crippen molar-refractivity contribution in [1.82, 2.24) is 0 Å². The van der Waals surface area contributed by atoms with Crippen molar-refractivity contribution in [2.75, 3.05) is 7.11 Å². The van der Waals surface area contributed by atoms with Crippen molar-refractivity contribution in [1.29, 1.82) is 0 Å². The number of rotatable bonds is 5. The van der Waals surface area contributed by atoms with E-state index in [1.54, 1.807) is 12.1 Å². The molecule has 0 aliphatic heterocycles. The van der Waals surface area contributed by atoms with Gasteiger partial charge in [-0.25, -0.2) is 9.59 Å². The van der Waals surface area contributed by atoms with E-state index in [9.17, 15) is 19.5 Å². The number of aromatic hydroxyl groups is 1. The number of carbonyl (C=O) groups is 3. The van der Waals surface area contributed by atoms with Gasteiger partial charge < -0.3 is 14.6 Å². The number of ether oxygens (including phenoxy) is 2. The maximum Gasteiger partial charge on any atom is 0.338 e. The second-order valence-electron chi connectivity index (χ2n) is 5.22. The summed E-state index contributed by atoms with van der Waals surface area (Å²) in [5.41, 5.74) is 0.349. The van der Waals surface area contributed by atoms with Crippen LogP contribution in [-0.2, 0) is 9.53 Å². The lowest BCUT2D eigenvalue weighted by atomic mass is 9.97. The Bertz CT molecular complexity index is 866. The minimum absolute atomic E-state index is 0.0357. The predicted octanol–water partition coefficient (Wildman–Crippen LogP) is 2.89. The molecule has 1 N–H and O–H groups in total. The molecule has 0 fully saturated rings. The third-order valence-corrected chi connectivity index (χ3v) is 3.35. The van der Waals surface area contributed by atoms with E-state index in [-0.39, 0.29) is 33.8 Å². The zero-order valence-corrected chi connectivity index (χ0v) is 13.7. The minimum Gasteiger partial charge on any atom is -0.507 e. The molecular weight excluding hydrogens is 324 g/mol. The molecule has 0 radical (unpaired) electrons. The van der Waals surface area contributed by atoms with Crippen molar-refractivity contribution in [2.24, 2.45) is 0 Å². The first kappa shape index (κ1) is 17.9. The fourth-order valence-electron chi connectivity index (χ4n) is 2.08. The topological polar surface area (TPSA) is 89.9 Å². The summed E-state index contributed by atoms with van der Waals surface area (Å²) in [6.45, 7) is 4.95. The maximum absolute atomic E-state index is 12.7. The van der Waals surface area contributed by atoms with Crippen molar-refractivity contribution in [3.05, 3.63) is 71.3 Å². The van der Waals surface area contributed by atoms with Gasteiger partial charge in [0.05, 0.1) is 18.2 Å². The molecule has 2 rings (SSSR count). The second-order valence-corrected chi connectivity index (χ2v) is 5.22. The molecule has 128 valence electrons. The molecule has 0 aliphatic carbocycles. The number of ketones is 1. The Morgan fingerprint density at radius 2 is 1.64 bits per heavy atom. The van der Waals surface area contributed by atoms with E-state index in [2.05, 4.69) is 11.3 Å². The zero-order valence-electron chi connectivity index (χ0n) is 13.7. The van der Waals surface area contributed by atoms with E-state index in [0.717, 1.165) is 6.07 Å². The highest BCUT2D eigenvalue weighted by Gasteiger charge is 2.21. The lowest BCUT2D eigenvalue weighted by molar-refractivity contribution is -0.130. The first-order chi connectivity index (χ1) is 11.8.